The molecule has 0 saturated carbocycles. The van der Waals surface area contributed by atoms with Gasteiger partial charge in [0.1, 0.15) is 12.6 Å². The van der Waals surface area contributed by atoms with Crippen LogP contribution in [0.5, 0.6) is 0 Å². The molecule has 2 amide bonds. The van der Waals surface area contributed by atoms with Crippen LogP contribution in [0.4, 0.5) is 4.79 Å². The van der Waals surface area contributed by atoms with Crippen LogP contribution in [0.2, 0.25) is 0 Å². The molecule has 0 saturated heterocycles. The minimum absolute atomic E-state index is 0.0584. The molecule has 0 heterocycles. The van der Waals surface area contributed by atoms with E-state index < -0.39 is 18.1 Å². The molecule has 0 radical (unpaired) electrons. The third-order valence-corrected chi connectivity index (χ3v) is 6.12. The maximum atomic E-state index is 12.7. The van der Waals surface area contributed by atoms with E-state index in [9.17, 15) is 14.4 Å². The van der Waals surface area contributed by atoms with Gasteiger partial charge in [-0.1, -0.05) is 68.8 Å². The van der Waals surface area contributed by atoms with Gasteiger partial charge in [-0.3, -0.25) is 9.59 Å². The van der Waals surface area contributed by atoms with Crippen LogP contribution >= 0.6 is 0 Å². The van der Waals surface area contributed by atoms with Crippen LogP contribution in [0.3, 0.4) is 0 Å². The van der Waals surface area contributed by atoms with Gasteiger partial charge in [0.25, 0.3) is 0 Å². The Kier molecular flexibility index (Phi) is 9.04. The van der Waals surface area contributed by atoms with E-state index >= 15 is 0 Å². The zero-order valence-electron chi connectivity index (χ0n) is 19.6. The molecule has 3 rings (SSSR count). The summed E-state index contributed by atoms with van der Waals surface area (Å²) in [6.07, 6.45) is -0.0380. The third-order valence-electron chi connectivity index (χ3n) is 6.12. The highest BCUT2D eigenvalue weighted by molar-refractivity contribution is 5.86. The highest BCUT2D eigenvalue weighted by atomic mass is 16.5. The number of carbonyl (C=O) groups excluding carboxylic acids is 2. The minimum atomic E-state index is -0.937. The van der Waals surface area contributed by atoms with Gasteiger partial charge in [-0.25, -0.2) is 4.79 Å². The number of ether oxygens (including phenoxy) is 2. The lowest BCUT2D eigenvalue weighted by Gasteiger charge is -2.24. The van der Waals surface area contributed by atoms with E-state index in [1.165, 1.54) is 0 Å². The molecule has 1 aliphatic rings. The van der Waals surface area contributed by atoms with Gasteiger partial charge in [-0.05, 0) is 28.2 Å². The van der Waals surface area contributed by atoms with Crippen molar-refractivity contribution in [2.24, 2.45) is 5.92 Å². The summed E-state index contributed by atoms with van der Waals surface area (Å²) < 4.78 is 10.8. The van der Waals surface area contributed by atoms with E-state index in [-0.39, 0.29) is 50.5 Å². The average Bonchev–Trinajstić information content (AvgIpc) is 3.16. The standard InChI is InChI=1S/C26H32N2O6/c1-3-17(2)24(25(31)27-13-15-33-14-12-23(29)30)28-26(32)34-16-22-20-10-6-4-8-18(20)19-9-5-7-11-21(19)22/h4-11,17,22,24H,3,12-16H2,1-2H3,(H,27,31)(H,28,32)(H,29,30)/t17-,24-/m0/s1. The molecule has 34 heavy (non-hydrogen) atoms. The Morgan fingerprint density at radius 1 is 1.00 bits per heavy atom. The number of carbonyl (C=O) groups is 3. The first-order valence-corrected chi connectivity index (χ1v) is 11.6. The smallest absolute Gasteiger partial charge is 0.407 e. The van der Waals surface area contributed by atoms with E-state index in [2.05, 4.69) is 34.9 Å². The van der Waals surface area contributed by atoms with Crippen LogP contribution in [0, 0.1) is 5.92 Å². The monoisotopic (exact) mass is 468 g/mol. The Morgan fingerprint density at radius 3 is 2.21 bits per heavy atom. The van der Waals surface area contributed by atoms with E-state index in [4.69, 9.17) is 14.6 Å². The van der Waals surface area contributed by atoms with Crippen molar-refractivity contribution in [3.05, 3.63) is 59.7 Å². The van der Waals surface area contributed by atoms with E-state index in [1.807, 2.05) is 38.1 Å². The number of carboxylic acids is 1. The Bertz CT molecular complexity index is 963. The molecule has 1 aliphatic carbocycles. The van der Waals surface area contributed by atoms with Gasteiger partial charge in [0.05, 0.1) is 19.6 Å². The zero-order valence-corrected chi connectivity index (χ0v) is 19.6. The molecule has 182 valence electrons. The SMILES string of the molecule is CC[C@H](C)[C@H](NC(=O)OCC1c2ccccc2-c2ccccc21)C(=O)NCCOCCC(=O)O. The summed E-state index contributed by atoms with van der Waals surface area (Å²) in [5, 5.41) is 14.1. The molecule has 0 aliphatic heterocycles. The lowest BCUT2D eigenvalue weighted by molar-refractivity contribution is -0.138. The zero-order chi connectivity index (χ0) is 24.5. The predicted molar refractivity (Wildman–Crippen MR) is 128 cm³/mol. The number of hydrogen-bond acceptors (Lipinski definition) is 5. The molecule has 0 spiro atoms. The second-order valence-electron chi connectivity index (χ2n) is 8.38. The predicted octanol–water partition coefficient (Wildman–Crippen LogP) is 3.55. The fourth-order valence-electron chi connectivity index (χ4n) is 4.09. The molecule has 0 unspecified atom stereocenters. The van der Waals surface area contributed by atoms with E-state index in [1.54, 1.807) is 0 Å². The molecule has 0 fully saturated rings. The van der Waals surface area contributed by atoms with E-state index in [0.717, 1.165) is 22.3 Å². The Hall–Kier alpha value is -3.39. The fourth-order valence-corrected chi connectivity index (χ4v) is 4.09. The van der Waals surface area contributed by atoms with Crippen LogP contribution in [-0.4, -0.2) is 55.5 Å². The first kappa shape index (κ1) is 25.2. The molecule has 8 heteroatoms. The summed E-state index contributed by atoms with van der Waals surface area (Å²) in [5.41, 5.74) is 4.54. The molecule has 2 atom stereocenters. The maximum Gasteiger partial charge on any atom is 0.407 e. The van der Waals surface area contributed by atoms with Crippen molar-refractivity contribution < 1.29 is 29.0 Å². The van der Waals surface area contributed by atoms with Gasteiger partial charge in [-0.15, -0.1) is 0 Å². The van der Waals surface area contributed by atoms with Crippen molar-refractivity contribution in [1.82, 2.24) is 10.6 Å². The number of hydrogen-bond donors (Lipinski definition) is 3. The fraction of sp³-hybridized carbons (Fsp3) is 0.423. The first-order valence-electron chi connectivity index (χ1n) is 11.6. The summed E-state index contributed by atoms with van der Waals surface area (Å²) in [7, 11) is 0. The second kappa shape index (κ2) is 12.2. The van der Waals surface area contributed by atoms with Crippen molar-refractivity contribution in [3.63, 3.8) is 0 Å². The number of benzene rings is 2. The molecule has 2 aromatic carbocycles. The van der Waals surface area contributed by atoms with Crippen LogP contribution in [0.1, 0.15) is 43.7 Å². The van der Waals surface area contributed by atoms with E-state index in [0.29, 0.717) is 6.42 Å². The van der Waals surface area contributed by atoms with Crippen molar-refractivity contribution in [2.75, 3.05) is 26.4 Å². The number of alkyl carbamates (subject to hydrolysis) is 1. The molecule has 0 bridgehead atoms. The summed E-state index contributed by atoms with van der Waals surface area (Å²) >= 11 is 0. The molecule has 2 aromatic rings. The van der Waals surface area contributed by atoms with Gasteiger partial charge < -0.3 is 25.2 Å². The van der Waals surface area contributed by atoms with Gasteiger partial charge in [0, 0.05) is 12.5 Å². The Balaban J connectivity index is 1.54. The molecule has 3 N–H and O–H groups in total. The number of aliphatic carboxylic acids is 1. The lowest BCUT2D eigenvalue weighted by Crippen LogP contribution is -2.51. The summed E-state index contributed by atoms with van der Waals surface area (Å²) in [4.78, 5) is 35.8. The van der Waals surface area contributed by atoms with Gasteiger partial charge in [0.2, 0.25) is 5.91 Å². The number of carboxylic acid groups (broad SMARTS) is 1. The second-order valence-corrected chi connectivity index (χ2v) is 8.38. The third kappa shape index (κ3) is 6.35. The quantitative estimate of drug-likeness (QED) is 0.411. The van der Waals surface area contributed by atoms with Crippen LogP contribution < -0.4 is 10.6 Å². The molecular formula is C26H32N2O6. The van der Waals surface area contributed by atoms with Crippen molar-refractivity contribution >= 4 is 18.0 Å². The van der Waals surface area contributed by atoms with Gasteiger partial charge in [-0.2, -0.15) is 0 Å². The van der Waals surface area contributed by atoms with Gasteiger partial charge >= 0.3 is 12.1 Å². The highest BCUT2D eigenvalue weighted by Crippen LogP contribution is 2.44. The largest absolute Gasteiger partial charge is 0.481 e. The number of fused-ring (bicyclic) bond motifs is 3. The number of rotatable bonds is 12. The topological polar surface area (TPSA) is 114 Å². The molecule has 8 nitrogen and oxygen atoms in total. The van der Waals surface area contributed by atoms with Crippen LogP contribution in [-0.2, 0) is 19.1 Å². The lowest BCUT2D eigenvalue weighted by atomic mass is 9.98. The van der Waals surface area contributed by atoms with Crippen molar-refractivity contribution in [3.8, 4) is 11.1 Å². The number of nitrogens with one attached hydrogen (secondary N) is 2. The summed E-state index contributed by atoms with van der Waals surface area (Å²) in [6.45, 7) is 4.50. The maximum absolute atomic E-state index is 12.7. The summed E-state index contributed by atoms with van der Waals surface area (Å²) in [6, 6.07) is 15.4. The van der Waals surface area contributed by atoms with Crippen LogP contribution in [0.25, 0.3) is 11.1 Å². The number of amides is 2. The highest BCUT2D eigenvalue weighted by Gasteiger charge is 2.30. The Morgan fingerprint density at radius 2 is 1.62 bits per heavy atom. The molecule has 0 aromatic heterocycles. The molecular weight excluding hydrogens is 436 g/mol. The Labute approximate surface area is 199 Å². The summed E-state index contributed by atoms with van der Waals surface area (Å²) in [5.74, 6) is -1.43. The first-order chi connectivity index (χ1) is 16.4. The average molecular weight is 469 g/mol. The van der Waals surface area contributed by atoms with Crippen LogP contribution in [0.15, 0.2) is 48.5 Å². The van der Waals surface area contributed by atoms with Gasteiger partial charge in [0.15, 0.2) is 0 Å². The van der Waals surface area contributed by atoms with Crippen molar-refractivity contribution in [2.45, 2.75) is 38.6 Å². The normalized spacial score (nSPS) is 13.9. The minimum Gasteiger partial charge on any atom is -0.481 e. The van der Waals surface area contributed by atoms with Crippen molar-refractivity contribution in [1.29, 1.82) is 0 Å².